The van der Waals surface area contributed by atoms with Crippen LogP contribution < -0.4 is 5.73 Å². The molecule has 7 heteroatoms. The first-order chi connectivity index (χ1) is 7.73. The van der Waals surface area contributed by atoms with Crippen LogP contribution in [0.15, 0.2) is 12.3 Å². The summed E-state index contributed by atoms with van der Waals surface area (Å²) in [6.45, 7) is 4.98. The van der Waals surface area contributed by atoms with Crippen molar-refractivity contribution in [2.45, 2.75) is 19.3 Å². The third kappa shape index (κ3) is 3.62. The number of primary amides is 1. The van der Waals surface area contributed by atoms with Crippen molar-refractivity contribution in [2.75, 3.05) is 14.1 Å². The fourth-order valence-corrected chi connectivity index (χ4v) is 1.00. The maximum Gasteiger partial charge on any atom is 0.270 e. The van der Waals surface area contributed by atoms with Gasteiger partial charge in [0, 0.05) is 14.1 Å². The quantitative estimate of drug-likeness (QED) is 0.485. The number of nitrogens with two attached hydrogens (primary N) is 1. The highest BCUT2D eigenvalue weighted by Gasteiger charge is 2.25. The molecule has 0 aliphatic rings. The molecule has 92 valence electrons. The molecule has 1 atom stereocenters. The van der Waals surface area contributed by atoms with E-state index in [9.17, 15) is 14.4 Å². The SMILES string of the molecule is [B]CC(=O)N(C)C(=C)C(=O)N(C)[C@@H](C)C(N)=O. The number of carbonyl (C=O) groups excluding carboxylic acids is 3. The fourth-order valence-electron chi connectivity index (χ4n) is 1.00. The van der Waals surface area contributed by atoms with Crippen molar-refractivity contribution >= 4 is 25.6 Å². The Bertz CT molecular complexity index is 357. The van der Waals surface area contributed by atoms with E-state index in [-0.39, 0.29) is 12.0 Å². The highest BCUT2D eigenvalue weighted by Crippen LogP contribution is 2.07. The van der Waals surface area contributed by atoms with Gasteiger partial charge in [-0.05, 0) is 13.2 Å². The molecule has 3 amide bonds. The van der Waals surface area contributed by atoms with Crippen LogP contribution in [-0.4, -0.2) is 55.5 Å². The first-order valence-corrected chi connectivity index (χ1v) is 4.96. The summed E-state index contributed by atoms with van der Waals surface area (Å²) in [6, 6.07) is -0.777. The molecule has 0 aromatic rings. The van der Waals surface area contributed by atoms with Gasteiger partial charge in [0.25, 0.3) is 5.91 Å². The second-order valence-electron chi connectivity index (χ2n) is 3.60. The molecule has 0 heterocycles. The zero-order chi connectivity index (χ0) is 13.7. The zero-order valence-electron chi connectivity index (χ0n) is 10.3. The predicted octanol–water partition coefficient (Wildman–Crippen LogP) is -1.12. The Morgan fingerprint density at radius 1 is 1.35 bits per heavy atom. The third-order valence-electron chi connectivity index (χ3n) is 2.51. The smallest absolute Gasteiger partial charge is 0.270 e. The number of nitrogens with zero attached hydrogens (tertiary/aromatic N) is 2. The van der Waals surface area contributed by atoms with Gasteiger partial charge < -0.3 is 15.5 Å². The van der Waals surface area contributed by atoms with E-state index >= 15 is 0 Å². The van der Waals surface area contributed by atoms with Crippen molar-refractivity contribution < 1.29 is 14.4 Å². The molecule has 0 aliphatic heterocycles. The van der Waals surface area contributed by atoms with Crippen LogP contribution in [0.1, 0.15) is 6.92 Å². The summed E-state index contributed by atoms with van der Waals surface area (Å²) in [5.74, 6) is -1.63. The Morgan fingerprint density at radius 2 is 1.82 bits per heavy atom. The molecule has 2 N–H and O–H groups in total. The highest BCUT2D eigenvalue weighted by atomic mass is 16.2. The Morgan fingerprint density at radius 3 is 2.18 bits per heavy atom. The summed E-state index contributed by atoms with van der Waals surface area (Å²) in [6.07, 6.45) is -0.224. The molecule has 0 saturated heterocycles. The number of amides is 3. The van der Waals surface area contributed by atoms with E-state index in [2.05, 4.69) is 6.58 Å². The van der Waals surface area contributed by atoms with Crippen molar-refractivity contribution in [2.24, 2.45) is 5.73 Å². The Balaban J connectivity index is 4.77. The molecule has 0 aliphatic carbocycles. The highest BCUT2D eigenvalue weighted by molar-refractivity contribution is 6.20. The zero-order valence-corrected chi connectivity index (χ0v) is 10.3. The standard InChI is InChI=1S/C10H16BN3O3/c1-6(9(12)16)14(4)10(17)7(2)13(3)8(15)5-11/h6H,2,5H2,1,3-4H3,(H2,12,16)/t6-/m0/s1. The minimum atomic E-state index is -0.777. The van der Waals surface area contributed by atoms with Crippen LogP contribution in [0.4, 0.5) is 0 Å². The van der Waals surface area contributed by atoms with Gasteiger partial charge in [0.05, 0.1) is 7.85 Å². The summed E-state index contributed by atoms with van der Waals surface area (Å²) < 4.78 is 0. The Kier molecular flexibility index (Phi) is 5.44. The topological polar surface area (TPSA) is 83.7 Å². The molecule has 0 unspecified atom stereocenters. The van der Waals surface area contributed by atoms with Gasteiger partial charge in [0.15, 0.2) is 0 Å². The molecule has 0 aromatic carbocycles. The Labute approximate surface area is 102 Å². The van der Waals surface area contributed by atoms with Gasteiger partial charge in [-0.3, -0.25) is 14.4 Å². The van der Waals surface area contributed by atoms with Gasteiger partial charge in [-0.25, -0.2) is 0 Å². The van der Waals surface area contributed by atoms with E-state index in [1.165, 1.54) is 21.0 Å². The van der Waals surface area contributed by atoms with E-state index in [0.717, 1.165) is 9.80 Å². The lowest BCUT2D eigenvalue weighted by molar-refractivity contribution is -0.137. The summed E-state index contributed by atoms with van der Waals surface area (Å²) in [5.41, 5.74) is 5.01. The van der Waals surface area contributed by atoms with E-state index in [1.807, 2.05) is 0 Å². The molecule has 0 rings (SSSR count). The van der Waals surface area contributed by atoms with Gasteiger partial charge in [-0.2, -0.15) is 0 Å². The lowest BCUT2D eigenvalue weighted by Crippen LogP contribution is -2.46. The maximum atomic E-state index is 11.8. The van der Waals surface area contributed by atoms with Crippen molar-refractivity contribution in [1.29, 1.82) is 0 Å². The maximum absolute atomic E-state index is 11.8. The summed E-state index contributed by atoms with van der Waals surface area (Å²) >= 11 is 0. The molecule has 0 spiro atoms. The van der Waals surface area contributed by atoms with Crippen LogP contribution in [0, 0.1) is 0 Å². The second kappa shape index (κ2) is 6.07. The molecule has 0 fully saturated rings. The predicted molar refractivity (Wildman–Crippen MR) is 63.9 cm³/mol. The average Bonchev–Trinajstić information content (AvgIpc) is 2.32. The molecule has 0 aromatic heterocycles. The first-order valence-electron chi connectivity index (χ1n) is 4.96. The molecule has 0 bridgehead atoms. The third-order valence-corrected chi connectivity index (χ3v) is 2.51. The number of hydrogen-bond donors (Lipinski definition) is 1. The van der Waals surface area contributed by atoms with Crippen LogP contribution in [0.25, 0.3) is 0 Å². The first kappa shape index (κ1) is 15.2. The van der Waals surface area contributed by atoms with Gasteiger partial charge in [-0.15, -0.1) is 0 Å². The van der Waals surface area contributed by atoms with Crippen LogP contribution in [-0.2, 0) is 14.4 Å². The molecular weight excluding hydrogens is 221 g/mol. The lowest BCUT2D eigenvalue weighted by atomic mass is 10.0. The normalized spacial score (nSPS) is 11.5. The summed E-state index contributed by atoms with van der Waals surface area (Å²) in [5, 5.41) is 0. The van der Waals surface area contributed by atoms with E-state index in [0.29, 0.717) is 0 Å². The number of likely N-dealkylation sites (N-methyl/N-ethyl adjacent to an activating group) is 2. The lowest BCUT2D eigenvalue weighted by Gasteiger charge is -2.26. The second-order valence-corrected chi connectivity index (χ2v) is 3.60. The number of rotatable bonds is 5. The van der Waals surface area contributed by atoms with Gasteiger partial charge >= 0.3 is 0 Å². The minimum absolute atomic E-state index is 0.0592. The van der Waals surface area contributed by atoms with E-state index in [4.69, 9.17) is 13.6 Å². The number of hydrogen-bond acceptors (Lipinski definition) is 3. The molecule has 17 heavy (non-hydrogen) atoms. The van der Waals surface area contributed by atoms with Crippen LogP contribution in [0.5, 0.6) is 0 Å². The van der Waals surface area contributed by atoms with Gasteiger partial charge in [0.1, 0.15) is 11.7 Å². The molecular formula is C10H16BN3O3. The van der Waals surface area contributed by atoms with Crippen molar-refractivity contribution in [3.63, 3.8) is 0 Å². The molecule has 6 nitrogen and oxygen atoms in total. The fraction of sp³-hybridized carbons (Fsp3) is 0.500. The van der Waals surface area contributed by atoms with E-state index in [1.54, 1.807) is 0 Å². The Hall–Kier alpha value is -1.79. The van der Waals surface area contributed by atoms with Crippen LogP contribution in [0.3, 0.4) is 0 Å². The summed E-state index contributed by atoms with van der Waals surface area (Å²) in [7, 11) is 7.96. The molecule has 2 radical (unpaired) electrons. The van der Waals surface area contributed by atoms with Gasteiger partial charge in [-0.1, -0.05) is 6.58 Å². The van der Waals surface area contributed by atoms with Crippen LogP contribution >= 0.6 is 0 Å². The van der Waals surface area contributed by atoms with Gasteiger partial charge in [0.2, 0.25) is 11.8 Å². The van der Waals surface area contributed by atoms with Crippen molar-refractivity contribution in [3.8, 4) is 0 Å². The number of carbonyl (C=O) groups is 3. The van der Waals surface area contributed by atoms with Crippen molar-refractivity contribution in [1.82, 2.24) is 9.80 Å². The van der Waals surface area contributed by atoms with Crippen molar-refractivity contribution in [3.05, 3.63) is 12.3 Å². The largest absolute Gasteiger partial charge is 0.368 e. The van der Waals surface area contributed by atoms with Crippen LogP contribution in [0.2, 0.25) is 6.32 Å². The average molecular weight is 237 g/mol. The van der Waals surface area contributed by atoms with E-state index < -0.39 is 23.8 Å². The molecule has 0 saturated carbocycles. The monoisotopic (exact) mass is 237 g/mol. The summed E-state index contributed by atoms with van der Waals surface area (Å²) in [4.78, 5) is 36.2. The minimum Gasteiger partial charge on any atom is -0.368 e.